The van der Waals surface area contributed by atoms with Crippen molar-refractivity contribution in [3.05, 3.63) is 24.3 Å². The summed E-state index contributed by atoms with van der Waals surface area (Å²) >= 11 is 0. The van der Waals surface area contributed by atoms with Crippen molar-refractivity contribution in [2.45, 2.75) is 83.7 Å². The standard InChI is InChI=1S/C18H32O4/c1-2-14-17(22-21)15-12-10-8-6-4-3-5-7-9-11-13-16-18(19)20/h9,11,13,16-17,21H,2-8,10,12,14-15H2,1H3,(H,19,20). The average molecular weight is 312 g/mol. The smallest absolute Gasteiger partial charge is 0.328 e. The molecule has 0 rings (SSSR count). The van der Waals surface area contributed by atoms with Gasteiger partial charge in [0.05, 0.1) is 6.10 Å². The van der Waals surface area contributed by atoms with Crippen LogP contribution in [0.4, 0.5) is 0 Å². The fourth-order valence-electron chi connectivity index (χ4n) is 2.40. The Kier molecular flexibility index (Phi) is 15.4. The third-order valence-corrected chi connectivity index (χ3v) is 3.64. The molecule has 0 radical (unpaired) electrons. The van der Waals surface area contributed by atoms with Gasteiger partial charge in [-0.15, -0.1) is 0 Å². The van der Waals surface area contributed by atoms with E-state index in [0.717, 1.165) is 44.6 Å². The largest absolute Gasteiger partial charge is 0.478 e. The molecular weight excluding hydrogens is 280 g/mol. The Morgan fingerprint density at radius 3 is 2.23 bits per heavy atom. The molecule has 4 heteroatoms. The van der Waals surface area contributed by atoms with Gasteiger partial charge >= 0.3 is 5.97 Å². The minimum atomic E-state index is -0.906. The van der Waals surface area contributed by atoms with Gasteiger partial charge in [-0.2, -0.15) is 0 Å². The van der Waals surface area contributed by atoms with Crippen LogP contribution in [0.3, 0.4) is 0 Å². The van der Waals surface area contributed by atoms with Crippen LogP contribution < -0.4 is 0 Å². The Balaban J connectivity index is 3.28. The molecule has 0 spiro atoms. The molecule has 0 amide bonds. The van der Waals surface area contributed by atoms with Gasteiger partial charge in [0.1, 0.15) is 0 Å². The summed E-state index contributed by atoms with van der Waals surface area (Å²) in [7, 11) is 0. The molecule has 0 aromatic heterocycles. The van der Waals surface area contributed by atoms with E-state index in [4.69, 9.17) is 10.4 Å². The van der Waals surface area contributed by atoms with E-state index in [0.29, 0.717) is 0 Å². The van der Waals surface area contributed by atoms with Crippen molar-refractivity contribution >= 4 is 5.97 Å². The van der Waals surface area contributed by atoms with Crippen molar-refractivity contribution in [1.29, 1.82) is 0 Å². The predicted octanol–water partition coefficient (Wildman–Crippen LogP) is 5.35. The number of hydrogen-bond acceptors (Lipinski definition) is 3. The van der Waals surface area contributed by atoms with Crippen LogP contribution in [0, 0.1) is 0 Å². The van der Waals surface area contributed by atoms with E-state index in [2.05, 4.69) is 11.8 Å². The minimum absolute atomic E-state index is 0.0203. The zero-order chi connectivity index (χ0) is 16.5. The van der Waals surface area contributed by atoms with Crippen LogP contribution in [0.15, 0.2) is 24.3 Å². The number of unbranched alkanes of at least 4 members (excludes halogenated alkanes) is 7. The molecule has 0 saturated heterocycles. The highest BCUT2D eigenvalue weighted by molar-refractivity contribution is 5.80. The Morgan fingerprint density at radius 2 is 1.64 bits per heavy atom. The van der Waals surface area contributed by atoms with E-state index in [1.807, 2.05) is 6.08 Å². The zero-order valence-electron chi connectivity index (χ0n) is 13.9. The summed E-state index contributed by atoms with van der Waals surface area (Å²) in [5.74, 6) is -0.906. The number of carboxylic acids is 1. The quantitative estimate of drug-likeness (QED) is 0.141. The monoisotopic (exact) mass is 312 g/mol. The van der Waals surface area contributed by atoms with E-state index < -0.39 is 5.97 Å². The number of allylic oxidation sites excluding steroid dienone is 3. The molecule has 0 aromatic rings. The van der Waals surface area contributed by atoms with Crippen molar-refractivity contribution in [3.63, 3.8) is 0 Å². The Hall–Kier alpha value is -1.13. The van der Waals surface area contributed by atoms with Gasteiger partial charge in [0.2, 0.25) is 0 Å². The van der Waals surface area contributed by atoms with Gasteiger partial charge in [-0.3, -0.25) is 5.26 Å². The molecule has 0 aliphatic carbocycles. The lowest BCUT2D eigenvalue weighted by Crippen LogP contribution is -2.09. The SMILES string of the molecule is CCCC(CCCCCCCCCC=CC=CC(=O)O)OO. The highest BCUT2D eigenvalue weighted by Crippen LogP contribution is 2.14. The van der Waals surface area contributed by atoms with Crippen molar-refractivity contribution < 1.29 is 20.0 Å². The van der Waals surface area contributed by atoms with E-state index in [1.165, 1.54) is 32.1 Å². The number of carbonyl (C=O) groups is 1. The molecule has 1 atom stereocenters. The molecular formula is C18H32O4. The molecule has 22 heavy (non-hydrogen) atoms. The van der Waals surface area contributed by atoms with Crippen LogP contribution in [-0.4, -0.2) is 22.4 Å². The maximum atomic E-state index is 10.2. The lowest BCUT2D eigenvalue weighted by molar-refractivity contribution is -0.281. The first-order valence-corrected chi connectivity index (χ1v) is 8.57. The Morgan fingerprint density at radius 1 is 1.00 bits per heavy atom. The number of rotatable bonds is 15. The van der Waals surface area contributed by atoms with E-state index in [9.17, 15) is 4.79 Å². The predicted molar refractivity (Wildman–Crippen MR) is 89.9 cm³/mol. The topological polar surface area (TPSA) is 66.8 Å². The Labute approximate surface area is 134 Å². The maximum Gasteiger partial charge on any atom is 0.328 e. The highest BCUT2D eigenvalue weighted by Gasteiger charge is 2.06. The van der Waals surface area contributed by atoms with Gasteiger partial charge in [-0.05, 0) is 25.7 Å². The molecule has 0 bridgehead atoms. The number of hydrogen-bond donors (Lipinski definition) is 2. The second-order valence-electron chi connectivity index (χ2n) is 5.69. The molecule has 4 nitrogen and oxygen atoms in total. The van der Waals surface area contributed by atoms with Crippen LogP contribution in [0.1, 0.15) is 77.6 Å². The maximum absolute atomic E-state index is 10.2. The van der Waals surface area contributed by atoms with E-state index in [1.54, 1.807) is 12.2 Å². The van der Waals surface area contributed by atoms with Crippen molar-refractivity contribution in [2.75, 3.05) is 0 Å². The summed E-state index contributed by atoms with van der Waals surface area (Å²) in [6.45, 7) is 2.10. The number of carboxylic acid groups (broad SMARTS) is 1. The van der Waals surface area contributed by atoms with Gasteiger partial charge in [0.25, 0.3) is 0 Å². The summed E-state index contributed by atoms with van der Waals surface area (Å²) in [5.41, 5.74) is 0. The van der Waals surface area contributed by atoms with Crippen LogP contribution in [0.25, 0.3) is 0 Å². The van der Waals surface area contributed by atoms with E-state index in [-0.39, 0.29) is 6.10 Å². The minimum Gasteiger partial charge on any atom is -0.478 e. The zero-order valence-corrected chi connectivity index (χ0v) is 13.9. The fourth-order valence-corrected chi connectivity index (χ4v) is 2.40. The van der Waals surface area contributed by atoms with Crippen LogP contribution in [-0.2, 0) is 9.68 Å². The Bertz CT molecular complexity index is 310. The summed E-state index contributed by atoms with van der Waals surface area (Å²) in [6.07, 6.45) is 19.0. The molecule has 0 aliphatic rings. The molecule has 0 fully saturated rings. The van der Waals surface area contributed by atoms with Crippen molar-refractivity contribution in [1.82, 2.24) is 0 Å². The van der Waals surface area contributed by atoms with Crippen LogP contribution >= 0.6 is 0 Å². The first-order chi connectivity index (χ1) is 10.7. The molecule has 0 saturated carbocycles. The normalized spacial score (nSPS) is 13.2. The fraction of sp³-hybridized carbons (Fsp3) is 0.722. The summed E-state index contributed by atoms with van der Waals surface area (Å²) in [6, 6.07) is 0. The van der Waals surface area contributed by atoms with Crippen LogP contribution in [0.2, 0.25) is 0 Å². The van der Waals surface area contributed by atoms with Gasteiger partial charge in [-0.1, -0.05) is 70.1 Å². The average Bonchev–Trinajstić information content (AvgIpc) is 2.50. The lowest BCUT2D eigenvalue weighted by atomic mass is 10.0. The van der Waals surface area contributed by atoms with E-state index >= 15 is 0 Å². The molecule has 0 aromatic carbocycles. The summed E-state index contributed by atoms with van der Waals surface area (Å²) in [4.78, 5) is 14.7. The van der Waals surface area contributed by atoms with Gasteiger partial charge in [0.15, 0.2) is 0 Å². The van der Waals surface area contributed by atoms with Gasteiger partial charge in [0, 0.05) is 6.08 Å². The van der Waals surface area contributed by atoms with Gasteiger partial charge < -0.3 is 5.11 Å². The molecule has 0 heterocycles. The van der Waals surface area contributed by atoms with Crippen molar-refractivity contribution in [2.24, 2.45) is 0 Å². The summed E-state index contributed by atoms with van der Waals surface area (Å²) in [5, 5.41) is 17.1. The molecule has 128 valence electrons. The summed E-state index contributed by atoms with van der Waals surface area (Å²) < 4.78 is 0. The molecule has 1 unspecified atom stereocenters. The second kappa shape index (κ2) is 16.2. The highest BCUT2D eigenvalue weighted by atomic mass is 17.1. The second-order valence-corrected chi connectivity index (χ2v) is 5.69. The lowest BCUT2D eigenvalue weighted by Gasteiger charge is -2.11. The third kappa shape index (κ3) is 15.3. The van der Waals surface area contributed by atoms with Crippen molar-refractivity contribution in [3.8, 4) is 0 Å². The first kappa shape index (κ1) is 20.9. The number of aliphatic carboxylic acids is 1. The third-order valence-electron chi connectivity index (χ3n) is 3.64. The molecule has 2 N–H and O–H groups in total. The molecule has 0 aliphatic heterocycles. The van der Waals surface area contributed by atoms with Crippen LogP contribution in [0.5, 0.6) is 0 Å². The first-order valence-electron chi connectivity index (χ1n) is 8.57. The van der Waals surface area contributed by atoms with Gasteiger partial charge in [-0.25, -0.2) is 9.68 Å².